The van der Waals surface area contributed by atoms with Crippen LogP contribution in [0.5, 0.6) is 0 Å². The van der Waals surface area contributed by atoms with Crippen LogP contribution in [0, 0.1) is 34.8 Å². The Hall–Kier alpha value is -3.48. The van der Waals surface area contributed by atoms with Gasteiger partial charge in [-0.15, -0.1) is 10.2 Å². The molecule has 1 saturated carbocycles. The van der Waals surface area contributed by atoms with Gasteiger partial charge in [0.2, 0.25) is 0 Å². The van der Waals surface area contributed by atoms with E-state index in [-0.39, 0.29) is 28.9 Å². The molecule has 0 N–H and O–H groups in total. The number of benzene rings is 1. The van der Waals surface area contributed by atoms with Gasteiger partial charge < -0.3 is 4.90 Å². The maximum Gasteiger partial charge on any atom is 0.261 e. The Balaban J connectivity index is 1.43. The lowest BCUT2D eigenvalue weighted by Gasteiger charge is -2.41. The van der Waals surface area contributed by atoms with E-state index in [1.54, 1.807) is 12.4 Å². The minimum Gasteiger partial charge on any atom is -0.347 e. The van der Waals surface area contributed by atoms with Crippen LogP contribution in [0.2, 0.25) is 0 Å². The van der Waals surface area contributed by atoms with Gasteiger partial charge in [0, 0.05) is 37.4 Å². The normalized spacial score (nSPS) is 23.4. The molecule has 0 amide bonds. The lowest BCUT2D eigenvalue weighted by Crippen LogP contribution is -2.48. The fraction of sp³-hybridized carbons (Fsp3) is 0.417. The number of rotatable bonds is 2. The van der Waals surface area contributed by atoms with Crippen molar-refractivity contribution in [3.05, 3.63) is 41.9 Å². The molecule has 6 nitrogen and oxygen atoms in total. The lowest BCUT2D eigenvalue weighted by molar-refractivity contribution is -0.0294. The van der Waals surface area contributed by atoms with E-state index in [1.807, 2.05) is 4.90 Å². The molecule has 3 aromatic rings. The van der Waals surface area contributed by atoms with Gasteiger partial charge >= 0.3 is 0 Å². The molecule has 2 aromatic heterocycles. The summed E-state index contributed by atoms with van der Waals surface area (Å²) in [4.78, 5) is 10.7. The minimum atomic E-state index is -2.87. The molecule has 0 radical (unpaired) electrons. The number of fused-ring (bicyclic) bond motifs is 4. The van der Waals surface area contributed by atoms with Crippen molar-refractivity contribution in [1.29, 1.82) is 0 Å². The van der Waals surface area contributed by atoms with E-state index >= 15 is 4.39 Å². The molecule has 10 heteroatoms. The maximum atomic E-state index is 15.1. The van der Waals surface area contributed by atoms with Gasteiger partial charge in [0.25, 0.3) is 11.7 Å². The zero-order valence-corrected chi connectivity index (χ0v) is 18.3. The van der Waals surface area contributed by atoms with Crippen LogP contribution in [-0.4, -0.2) is 44.3 Å². The monoisotopic (exact) mass is 468 g/mol. The first-order chi connectivity index (χ1) is 16.3. The topological polar surface area (TPSA) is 58.7 Å². The Kier molecular flexibility index (Phi) is 4.50. The maximum absolute atomic E-state index is 15.1. The molecule has 2 fully saturated rings. The van der Waals surface area contributed by atoms with Crippen molar-refractivity contribution in [2.75, 3.05) is 11.4 Å². The van der Waals surface area contributed by atoms with E-state index in [0.717, 1.165) is 25.8 Å². The van der Waals surface area contributed by atoms with E-state index in [9.17, 15) is 13.2 Å². The van der Waals surface area contributed by atoms with Crippen molar-refractivity contribution < 1.29 is 17.6 Å². The number of alkyl halides is 2. The van der Waals surface area contributed by atoms with Crippen molar-refractivity contribution in [1.82, 2.24) is 19.6 Å². The molecule has 2 atom stereocenters. The average Bonchev–Trinajstić information content (AvgIpc) is 3.48. The Labute approximate surface area is 192 Å². The summed E-state index contributed by atoms with van der Waals surface area (Å²) >= 11 is 0. The summed E-state index contributed by atoms with van der Waals surface area (Å²) in [5, 5.41) is 7.89. The molecule has 4 heterocycles. The van der Waals surface area contributed by atoms with Gasteiger partial charge in [0.1, 0.15) is 12.1 Å². The van der Waals surface area contributed by atoms with Gasteiger partial charge in [-0.3, -0.25) is 9.39 Å². The molecule has 174 valence electrons. The number of hydrogen-bond donors (Lipinski definition) is 0. The van der Waals surface area contributed by atoms with E-state index < -0.39 is 23.0 Å². The highest BCUT2D eigenvalue weighted by molar-refractivity contribution is 5.93. The van der Waals surface area contributed by atoms with Crippen molar-refractivity contribution in [2.24, 2.45) is 16.3 Å². The largest absolute Gasteiger partial charge is 0.347 e. The van der Waals surface area contributed by atoms with Gasteiger partial charge in [-0.1, -0.05) is 11.8 Å². The van der Waals surface area contributed by atoms with Crippen LogP contribution in [-0.2, 0) is 0 Å². The van der Waals surface area contributed by atoms with Crippen LogP contribution in [0.25, 0.3) is 16.7 Å². The Bertz CT molecular complexity index is 1440. The van der Waals surface area contributed by atoms with Crippen LogP contribution in [0.1, 0.15) is 32.6 Å². The van der Waals surface area contributed by atoms with Gasteiger partial charge in [-0.2, -0.15) is 4.98 Å². The molecule has 6 rings (SSSR count). The predicted octanol–water partition coefficient (Wildman–Crippen LogP) is 4.55. The summed E-state index contributed by atoms with van der Waals surface area (Å²) in [5.74, 6) is 1.37. The molecule has 34 heavy (non-hydrogen) atoms. The van der Waals surface area contributed by atoms with E-state index in [1.165, 1.54) is 16.8 Å². The lowest BCUT2D eigenvalue weighted by atomic mass is 9.82. The standard InChI is InChI=1S/C24H20F4N6/c1-23(27,28)24(8-9-24)7-6-14-11-29-12-18-15(14)3-2-10-33(18)21-19-17(5-4-16(25)20(19)26)34-13-30-32-22(34)31-21/h4-5,11-13,15,18H,2-3,8-10H2,1H3. The molecule has 1 saturated heterocycles. The van der Waals surface area contributed by atoms with E-state index in [2.05, 4.69) is 32.0 Å². The average molecular weight is 468 g/mol. The summed E-state index contributed by atoms with van der Waals surface area (Å²) in [5.41, 5.74) is -0.196. The van der Waals surface area contributed by atoms with Crippen molar-refractivity contribution >= 4 is 28.7 Å². The molecular weight excluding hydrogens is 448 g/mol. The third-order valence-corrected chi connectivity index (χ3v) is 7.14. The Morgan fingerprint density at radius 1 is 1.21 bits per heavy atom. The summed E-state index contributed by atoms with van der Waals surface area (Å²) in [6, 6.07) is 2.21. The number of halogens is 4. The smallest absolute Gasteiger partial charge is 0.261 e. The van der Waals surface area contributed by atoms with Gasteiger partial charge in [-0.25, -0.2) is 17.6 Å². The van der Waals surface area contributed by atoms with Crippen molar-refractivity contribution in [3.8, 4) is 11.8 Å². The zero-order valence-electron chi connectivity index (χ0n) is 18.3. The first-order valence-corrected chi connectivity index (χ1v) is 11.2. The van der Waals surface area contributed by atoms with Gasteiger partial charge in [-0.05, 0) is 37.8 Å². The third-order valence-electron chi connectivity index (χ3n) is 7.14. The van der Waals surface area contributed by atoms with E-state index in [0.29, 0.717) is 30.5 Å². The highest BCUT2D eigenvalue weighted by Gasteiger charge is 2.58. The Morgan fingerprint density at radius 3 is 2.79 bits per heavy atom. The second kappa shape index (κ2) is 7.26. The summed E-state index contributed by atoms with van der Waals surface area (Å²) in [7, 11) is 0. The van der Waals surface area contributed by atoms with Crippen molar-refractivity contribution in [2.45, 2.75) is 44.6 Å². The molecule has 1 aromatic carbocycles. The number of aliphatic imine (C=N–C) groups is 1. The number of anilines is 1. The van der Waals surface area contributed by atoms with Crippen LogP contribution in [0.3, 0.4) is 0 Å². The molecule has 2 unspecified atom stereocenters. The fourth-order valence-corrected chi connectivity index (χ4v) is 5.00. The highest BCUT2D eigenvalue weighted by atomic mass is 19.3. The molecule has 2 aliphatic heterocycles. The quantitative estimate of drug-likeness (QED) is 0.409. The van der Waals surface area contributed by atoms with Gasteiger partial charge in [0.15, 0.2) is 11.6 Å². The molecule has 0 bridgehead atoms. The zero-order chi connectivity index (χ0) is 23.7. The second-order valence-electron chi connectivity index (χ2n) is 9.23. The summed E-state index contributed by atoms with van der Waals surface area (Å²) in [6.07, 6.45) is 7.01. The second-order valence-corrected chi connectivity index (χ2v) is 9.23. The molecular formula is C24H20F4N6. The van der Waals surface area contributed by atoms with Crippen LogP contribution in [0.4, 0.5) is 23.4 Å². The number of piperidine rings is 1. The van der Waals surface area contributed by atoms with Gasteiger partial charge in [0.05, 0.1) is 22.4 Å². The number of aromatic nitrogens is 4. The molecule has 1 aliphatic carbocycles. The van der Waals surface area contributed by atoms with Crippen molar-refractivity contribution in [3.63, 3.8) is 0 Å². The predicted molar refractivity (Wildman–Crippen MR) is 119 cm³/mol. The summed E-state index contributed by atoms with van der Waals surface area (Å²) in [6.45, 7) is 1.45. The first-order valence-electron chi connectivity index (χ1n) is 11.2. The number of hydrogen-bond acceptors (Lipinski definition) is 5. The summed E-state index contributed by atoms with van der Waals surface area (Å²) < 4.78 is 58.9. The van der Waals surface area contributed by atoms with E-state index in [4.69, 9.17) is 0 Å². The molecule has 0 spiro atoms. The molecule has 3 aliphatic rings. The Morgan fingerprint density at radius 2 is 2.03 bits per heavy atom. The van der Waals surface area contributed by atoms with Crippen LogP contribution < -0.4 is 4.90 Å². The highest BCUT2D eigenvalue weighted by Crippen LogP contribution is 2.56. The number of nitrogens with zero attached hydrogens (tertiary/aromatic N) is 6. The third kappa shape index (κ3) is 3.10. The fourth-order valence-electron chi connectivity index (χ4n) is 5.00. The SMILES string of the molecule is CC(F)(F)C1(C#CC2=CN=CC3C2CCCN3c2nc3nncn3c3ccc(F)c(F)c23)CC1. The van der Waals surface area contributed by atoms with Crippen LogP contribution in [0.15, 0.2) is 35.2 Å². The first kappa shape index (κ1) is 21.1. The minimum absolute atomic E-state index is 0.0334. The van der Waals surface area contributed by atoms with Crippen LogP contribution >= 0.6 is 0 Å².